The molecule has 0 atom stereocenters. The van der Waals surface area contributed by atoms with E-state index in [1.54, 1.807) is 36.8 Å². The zero-order valence-electron chi connectivity index (χ0n) is 9.50. The Morgan fingerprint density at radius 3 is 2.65 bits per heavy atom. The number of hydrogen-bond donors (Lipinski definition) is 0. The molecule has 17 heavy (non-hydrogen) atoms. The van der Waals surface area contributed by atoms with Crippen LogP contribution < -0.4 is 0 Å². The van der Waals surface area contributed by atoms with E-state index in [1.807, 2.05) is 19.1 Å². The van der Waals surface area contributed by atoms with Gasteiger partial charge in [0.15, 0.2) is 5.78 Å². The first kappa shape index (κ1) is 11.2. The van der Waals surface area contributed by atoms with Gasteiger partial charge in [0.25, 0.3) is 0 Å². The first-order valence-corrected chi connectivity index (χ1v) is 5.31. The summed E-state index contributed by atoms with van der Waals surface area (Å²) in [6.07, 6.45) is 8.19. The largest absolute Gasteiger partial charge is 0.289 e. The molecular weight excluding hydrogens is 212 g/mol. The van der Waals surface area contributed by atoms with E-state index < -0.39 is 0 Å². The molecule has 0 bridgehead atoms. The Morgan fingerprint density at radius 1 is 1.18 bits per heavy atom. The second-order valence-electron chi connectivity index (χ2n) is 3.64. The van der Waals surface area contributed by atoms with Gasteiger partial charge < -0.3 is 0 Å². The molecule has 0 amide bonds. The fourth-order valence-electron chi connectivity index (χ4n) is 1.44. The number of ketones is 1. The van der Waals surface area contributed by atoms with Gasteiger partial charge in [-0.05, 0) is 42.8 Å². The molecule has 0 aliphatic rings. The number of carbonyl (C=O) groups excluding carboxylic acids is 1. The maximum Gasteiger partial charge on any atom is 0.186 e. The average molecular weight is 224 g/mol. The molecule has 3 nitrogen and oxygen atoms in total. The fraction of sp³-hybridized carbons (Fsp3) is 0.0714. The summed E-state index contributed by atoms with van der Waals surface area (Å²) in [5.74, 6) is -0.0440. The van der Waals surface area contributed by atoms with Crippen LogP contribution in [0.1, 0.15) is 21.6 Å². The van der Waals surface area contributed by atoms with Crippen molar-refractivity contribution in [1.29, 1.82) is 0 Å². The molecule has 0 saturated carbocycles. The van der Waals surface area contributed by atoms with Crippen molar-refractivity contribution in [3.8, 4) is 0 Å². The Hall–Kier alpha value is -2.29. The first-order valence-electron chi connectivity index (χ1n) is 5.31. The van der Waals surface area contributed by atoms with E-state index in [0.29, 0.717) is 5.56 Å². The molecule has 0 N–H and O–H groups in total. The Kier molecular flexibility index (Phi) is 3.40. The third-order valence-electron chi connectivity index (χ3n) is 2.41. The number of aryl methyl sites for hydroxylation is 1. The molecule has 2 aromatic rings. The zero-order valence-corrected chi connectivity index (χ0v) is 9.50. The van der Waals surface area contributed by atoms with Gasteiger partial charge in [-0.25, -0.2) is 0 Å². The van der Waals surface area contributed by atoms with Crippen LogP contribution in [0.2, 0.25) is 0 Å². The van der Waals surface area contributed by atoms with E-state index in [4.69, 9.17) is 0 Å². The zero-order chi connectivity index (χ0) is 12.1. The van der Waals surface area contributed by atoms with Crippen molar-refractivity contribution >= 4 is 11.9 Å². The Bertz CT molecular complexity index is 547. The van der Waals surface area contributed by atoms with Gasteiger partial charge in [-0.2, -0.15) is 0 Å². The molecular formula is C14H12N2O. The smallest absolute Gasteiger partial charge is 0.186 e. The normalized spacial score (nSPS) is 10.6. The number of allylic oxidation sites excluding steroid dienone is 1. The molecule has 0 aromatic carbocycles. The molecule has 0 fully saturated rings. The second kappa shape index (κ2) is 5.16. The summed E-state index contributed by atoms with van der Waals surface area (Å²) < 4.78 is 0. The van der Waals surface area contributed by atoms with E-state index in [0.717, 1.165) is 11.3 Å². The van der Waals surface area contributed by atoms with E-state index in [9.17, 15) is 4.79 Å². The predicted octanol–water partition coefficient (Wildman–Crippen LogP) is 2.68. The Balaban J connectivity index is 2.17. The van der Waals surface area contributed by atoms with Crippen molar-refractivity contribution < 1.29 is 4.79 Å². The van der Waals surface area contributed by atoms with Gasteiger partial charge in [-0.1, -0.05) is 6.07 Å². The average Bonchev–Trinajstić information content (AvgIpc) is 2.38. The summed E-state index contributed by atoms with van der Waals surface area (Å²) in [5, 5.41) is 0. The predicted molar refractivity (Wildman–Crippen MR) is 66.6 cm³/mol. The molecule has 0 aliphatic heterocycles. The van der Waals surface area contributed by atoms with Gasteiger partial charge in [0.1, 0.15) is 0 Å². The monoisotopic (exact) mass is 224 g/mol. The van der Waals surface area contributed by atoms with Gasteiger partial charge >= 0.3 is 0 Å². The maximum absolute atomic E-state index is 11.8. The molecule has 2 heterocycles. The van der Waals surface area contributed by atoms with Gasteiger partial charge in [0.05, 0.1) is 5.69 Å². The third kappa shape index (κ3) is 2.84. The lowest BCUT2D eigenvalue weighted by atomic mass is 10.1. The minimum Gasteiger partial charge on any atom is -0.289 e. The van der Waals surface area contributed by atoms with Crippen LogP contribution in [-0.2, 0) is 0 Å². The lowest BCUT2D eigenvalue weighted by Gasteiger charge is -1.97. The number of aromatic nitrogens is 2. The van der Waals surface area contributed by atoms with Crippen LogP contribution in [0.15, 0.2) is 48.9 Å². The van der Waals surface area contributed by atoms with Crippen LogP contribution in [0, 0.1) is 6.92 Å². The van der Waals surface area contributed by atoms with Gasteiger partial charge in [0.2, 0.25) is 0 Å². The van der Waals surface area contributed by atoms with Crippen molar-refractivity contribution in [2.75, 3.05) is 0 Å². The van der Waals surface area contributed by atoms with Crippen molar-refractivity contribution in [1.82, 2.24) is 9.97 Å². The summed E-state index contributed by atoms with van der Waals surface area (Å²) in [6, 6.07) is 7.22. The molecule has 0 saturated heterocycles. The van der Waals surface area contributed by atoms with Crippen molar-refractivity contribution in [3.63, 3.8) is 0 Å². The van der Waals surface area contributed by atoms with Crippen molar-refractivity contribution in [2.45, 2.75) is 6.92 Å². The third-order valence-corrected chi connectivity index (χ3v) is 2.41. The summed E-state index contributed by atoms with van der Waals surface area (Å²) in [7, 11) is 0. The SMILES string of the molecule is Cc1cccnc1C=CC(=O)c1ccncc1. The van der Waals surface area contributed by atoms with Gasteiger partial charge in [0, 0.05) is 24.2 Å². The van der Waals surface area contributed by atoms with Crippen molar-refractivity contribution in [3.05, 3.63) is 65.8 Å². The highest BCUT2D eigenvalue weighted by molar-refractivity contribution is 6.06. The van der Waals surface area contributed by atoms with Crippen LogP contribution in [0.3, 0.4) is 0 Å². The molecule has 2 aromatic heterocycles. The summed E-state index contributed by atoms with van der Waals surface area (Å²) in [6.45, 7) is 1.96. The highest BCUT2D eigenvalue weighted by Gasteiger charge is 2.00. The topological polar surface area (TPSA) is 42.9 Å². The van der Waals surface area contributed by atoms with E-state index >= 15 is 0 Å². The van der Waals surface area contributed by atoms with Crippen molar-refractivity contribution in [2.24, 2.45) is 0 Å². The molecule has 2 rings (SSSR count). The second-order valence-corrected chi connectivity index (χ2v) is 3.64. The van der Waals surface area contributed by atoms with Crippen LogP contribution in [-0.4, -0.2) is 15.8 Å². The standard InChI is InChI=1S/C14H12N2O/c1-11-3-2-8-16-13(11)4-5-14(17)12-6-9-15-10-7-12/h2-10H,1H3. The molecule has 3 heteroatoms. The Labute approximate surface area is 99.9 Å². The van der Waals surface area contributed by atoms with Crippen LogP contribution >= 0.6 is 0 Å². The van der Waals surface area contributed by atoms with Crippen LogP contribution in [0.5, 0.6) is 0 Å². The fourth-order valence-corrected chi connectivity index (χ4v) is 1.44. The molecule has 0 spiro atoms. The summed E-state index contributed by atoms with van der Waals surface area (Å²) in [5.41, 5.74) is 2.49. The van der Waals surface area contributed by atoms with Crippen LogP contribution in [0.4, 0.5) is 0 Å². The molecule has 84 valence electrons. The number of rotatable bonds is 3. The molecule has 0 unspecified atom stereocenters. The molecule has 0 aliphatic carbocycles. The highest BCUT2D eigenvalue weighted by atomic mass is 16.1. The minimum atomic E-state index is -0.0440. The van der Waals surface area contributed by atoms with E-state index in [2.05, 4.69) is 9.97 Å². The van der Waals surface area contributed by atoms with Crippen LogP contribution in [0.25, 0.3) is 6.08 Å². The highest BCUT2D eigenvalue weighted by Crippen LogP contribution is 2.07. The quantitative estimate of drug-likeness (QED) is 0.594. The van der Waals surface area contributed by atoms with Gasteiger partial charge in [-0.3, -0.25) is 14.8 Å². The Morgan fingerprint density at radius 2 is 1.94 bits per heavy atom. The summed E-state index contributed by atoms with van der Waals surface area (Å²) in [4.78, 5) is 19.9. The van der Waals surface area contributed by atoms with Gasteiger partial charge in [-0.15, -0.1) is 0 Å². The lowest BCUT2D eigenvalue weighted by molar-refractivity contribution is 0.104. The number of hydrogen-bond acceptors (Lipinski definition) is 3. The minimum absolute atomic E-state index is 0.0440. The maximum atomic E-state index is 11.8. The number of carbonyl (C=O) groups is 1. The first-order chi connectivity index (χ1) is 8.27. The molecule has 0 radical (unpaired) electrons. The lowest BCUT2D eigenvalue weighted by Crippen LogP contribution is -1.94. The van der Waals surface area contributed by atoms with E-state index in [1.165, 1.54) is 6.08 Å². The summed E-state index contributed by atoms with van der Waals surface area (Å²) >= 11 is 0. The number of pyridine rings is 2. The number of nitrogens with zero attached hydrogens (tertiary/aromatic N) is 2. The van der Waals surface area contributed by atoms with E-state index in [-0.39, 0.29) is 5.78 Å².